The highest BCUT2D eigenvalue weighted by atomic mass is 32.2. The fourth-order valence-electron chi connectivity index (χ4n) is 1.55. The van der Waals surface area contributed by atoms with E-state index in [9.17, 15) is 0 Å². The molecule has 0 unspecified atom stereocenters. The van der Waals surface area contributed by atoms with Crippen molar-refractivity contribution in [1.29, 1.82) is 0 Å². The van der Waals surface area contributed by atoms with Gasteiger partial charge in [-0.2, -0.15) is 0 Å². The minimum atomic E-state index is 0.597. The molecule has 4 nitrogen and oxygen atoms in total. The maximum Gasteiger partial charge on any atom is 0.163 e. The first-order chi connectivity index (χ1) is 8.16. The zero-order valence-corrected chi connectivity index (χ0v) is 11.0. The summed E-state index contributed by atoms with van der Waals surface area (Å²) in [6, 6.07) is 3.83. The Kier molecular flexibility index (Phi) is 4.02. The number of benzene rings is 1. The quantitative estimate of drug-likeness (QED) is 0.654. The third-order valence-corrected chi connectivity index (χ3v) is 3.52. The minimum absolute atomic E-state index is 0.597. The summed E-state index contributed by atoms with van der Waals surface area (Å²) in [4.78, 5) is 3.22. The Hall–Kier alpha value is -1.07. The van der Waals surface area contributed by atoms with E-state index in [0.29, 0.717) is 13.2 Å². The third kappa shape index (κ3) is 3.20. The molecule has 0 saturated heterocycles. The van der Waals surface area contributed by atoms with E-state index in [1.54, 1.807) is 11.8 Å². The summed E-state index contributed by atoms with van der Waals surface area (Å²) in [7, 11) is 4.13. The van der Waals surface area contributed by atoms with Crippen molar-refractivity contribution in [1.82, 2.24) is 4.90 Å². The maximum absolute atomic E-state index is 5.99. The summed E-state index contributed by atoms with van der Waals surface area (Å²) in [5.74, 6) is 2.57. The van der Waals surface area contributed by atoms with E-state index in [1.165, 1.54) is 0 Å². The summed E-state index contributed by atoms with van der Waals surface area (Å²) in [5.41, 5.74) is 6.75. The average molecular weight is 254 g/mol. The predicted molar refractivity (Wildman–Crippen MR) is 71.1 cm³/mol. The van der Waals surface area contributed by atoms with Gasteiger partial charge in [0.2, 0.25) is 0 Å². The van der Waals surface area contributed by atoms with Gasteiger partial charge in [0.15, 0.2) is 11.5 Å². The van der Waals surface area contributed by atoms with E-state index in [4.69, 9.17) is 15.2 Å². The highest BCUT2D eigenvalue weighted by molar-refractivity contribution is 7.99. The number of hydrogen-bond acceptors (Lipinski definition) is 5. The van der Waals surface area contributed by atoms with Gasteiger partial charge in [0.1, 0.15) is 13.2 Å². The molecular weight excluding hydrogens is 236 g/mol. The zero-order chi connectivity index (χ0) is 12.3. The number of ether oxygens (including phenoxy) is 2. The van der Waals surface area contributed by atoms with Crippen LogP contribution in [0.1, 0.15) is 0 Å². The first-order valence-electron chi connectivity index (χ1n) is 5.63. The van der Waals surface area contributed by atoms with Crippen LogP contribution in [0.5, 0.6) is 11.5 Å². The van der Waals surface area contributed by atoms with Gasteiger partial charge in [0, 0.05) is 28.9 Å². The molecule has 1 aromatic carbocycles. The van der Waals surface area contributed by atoms with Crippen LogP contribution in [-0.2, 0) is 0 Å². The van der Waals surface area contributed by atoms with Gasteiger partial charge in [-0.1, -0.05) is 0 Å². The molecule has 2 rings (SSSR count). The normalized spacial score (nSPS) is 14.1. The van der Waals surface area contributed by atoms with E-state index in [1.807, 2.05) is 12.1 Å². The first-order valence-corrected chi connectivity index (χ1v) is 6.62. The van der Waals surface area contributed by atoms with Crippen LogP contribution < -0.4 is 15.2 Å². The van der Waals surface area contributed by atoms with Gasteiger partial charge in [0.05, 0.1) is 0 Å². The van der Waals surface area contributed by atoms with E-state index in [2.05, 4.69) is 19.0 Å². The first kappa shape index (κ1) is 12.4. The molecule has 1 aromatic rings. The highest BCUT2D eigenvalue weighted by Gasteiger charge is 2.14. The van der Waals surface area contributed by atoms with E-state index in [-0.39, 0.29) is 0 Å². The standard InChI is InChI=1S/C12H18N2O2S/c1-14(2)3-6-17-12-8-11-10(7-9(12)13)15-4-5-16-11/h7-8H,3-6,13H2,1-2H3. The van der Waals surface area contributed by atoms with E-state index < -0.39 is 0 Å². The summed E-state index contributed by atoms with van der Waals surface area (Å²) in [6.07, 6.45) is 0. The second kappa shape index (κ2) is 5.51. The molecule has 0 aromatic heterocycles. The van der Waals surface area contributed by atoms with Crippen molar-refractivity contribution >= 4 is 17.4 Å². The van der Waals surface area contributed by atoms with Crippen LogP contribution in [0.25, 0.3) is 0 Å². The van der Waals surface area contributed by atoms with Crippen LogP contribution in [0.3, 0.4) is 0 Å². The number of nitrogens with zero attached hydrogens (tertiary/aromatic N) is 1. The Morgan fingerprint density at radius 3 is 2.53 bits per heavy atom. The molecule has 0 fully saturated rings. The van der Waals surface area contributed by atoms with E-state index >= 15 is 0 Å². The molecule has 0 saturated carbocycles. The Labute approximate surface area is 106 Å². The fraction of sp³-hybridized carbons (Fsp3) is 0.500. The van der Waals surface area contributed by atoms with Crippen molar-refractivity contribution in [3.05, 3.63) is 12.1 Å². The molecule has 17 heavy (non-hydrogen) atoms. The second-order valence-corrected chi connectivity index (χ2v) is 5.32. The van der Waals surface area contributed by atoms with Crippen molar-refractivity contribution in [2.24, 2.45) is 0 Å². The number of nitrogens with two attached hydrogens (primary N) is 1. The molecule has 5 heteroatoms. The predicted octanol–water partition coefficient (Wildman–Crippen LogP) is 1.69. The van der Waals surface area contributed by atoms with Crippen molar-refractivity contribution in [2.75, 3.05) is 45.3 Å². The Bertz CT molecular complexity index is 396. The lowest BCUT2D eigenvalue weighted by molar-refractivity contribution is 0.171. The lowest BCUT2D eigenvalue weighted by atomic mass is 10.2. The summed E-state index contributed by atoms with van der Waals surface area (Å²) in [5, 5.41) is 0. The van der Waals surface area contributed by atoms with Gasteiger partial charge < -0.3 is 20.1 Å². The van der Waals surface area contributed by atoms with Gasteiger partial charge >= 0.3 is 0 Å². The SMILES string of the molecule is CN(C)CCSc1cc2c(cc1N)OCCO2. The van der Waals surface area contributed by atoms with Gasteiger partial charge in [0.25, 0.3) is 0 Å². The van der Waals surface area contributed by atoms with E-state index in [0.717, 1.165) is 34.4 Å². The molecule has 1 aliphatic rings. The maximum atomic E-state index is 5.99. The molecule has 1 aliphatic heterocycles. The fourth-order valence-corrected chi connectivity index (χ4v) is 2.64. The third-order valence-electron chi connectivity index (χ3n) is 2.47. The molecular formula is C12H18N2O2S. The lowest BCUT2D eigenvalue weighted by Gasteiger charge is -2.20. The topological polar surface area (TPSA) is 47.7 Å². The Morgan fingerprint density at radius 1 is 1.24 bits per heavy atom. The van der Waals surface area contributed by atoms with Crippen molar-refractivity contribution in [3.8, 4) is 11.5 Å². The number of nitrogen functional groups attached to an aromatic ring is 1. The van der Waals surface area contributed by atoms with Crippen LogP contribution in [-0.4, -0.2) is 44.5 Å². The van der Waals surface area contributed by atoms with Crippen LogP contribution in [0, 0.1) is 0 Å². The molecule has 0 bridgehead atoms. The van der Waals surface area contributed by atoms with Crippen molar-refractivity contribution < 1.29 is 9.47 Å². The van der Waals surface area contributed by atoms with Gasteiger partial charge in [-0.15, -0.1) is 11.8 Å². The smallest absolute Gasteiger partial charge is 0.163 e. The summed E-state index contributed by atoms with van der Waals surface area (Å²) < 4.78 is 11.0. The molecule has 2 N–H and O–H groups in total. The van der Waals surface area contributed by atoms with Crippen LogP contribution in [0.15, 0.2) is 17.0 Å². The number of thioether (sulfide) groups is 1. The van der Waals surface area contributed by atoms with Gasteiger partial charge in [-0.25, -0.2) is 0 Å². The molecule has 1 heterocycles. The molecule has 0 amide bonds. The lowest BCUT2D eigenvalue weighted by Crippen LogP contribution is -2.16. The summed E-state index contributed by atoms with van der Waals surface area (Å²) >= 11 is 1.75. The minimum Gasteiger partial charge on any atom is -0.486 e. The zero-order valence-electron chi connectivity index (χ0n) is 10.2. The Balaban J connectivity index is 2.06. The van der Waals surface area contributed by atoms with Gasteiger partial charge in [-0.3, -0.25) is 0 Å². The Morgan fingerprint density at radius 2 is 1.88 bits per heavy atom. The average Bonchev–Trinajstić information content (AvgIpc) is 2.29. The number of rotatable bonds is 4. The molecule has 94 valence electrons. The highest BCUT2D eigenvalue weighted by Crippen LogP contribution is 2.38. The number of fused-ring (bicyclic) bond motifs is 1. The second-order valence-electron chi connectivity index (χ2n) is 4.19. The molecule has 0 radical (unpaired) electrons. The summed E-state index contributed by atoms with van der Waals surface area (Å²) in [6.45, 7) is 2.23. The number of hydrogen-bond donors (Lipinski definition) is 1. The molecule has 0 spiro atoms. The molecule has 0 atom stereocenters. The number of anilines is 1. The van der Waals surface area contributed by atoms with Crippen molar-refractivity contribution in [2.45, 2.75) is 4.90 Å². The monoisotopic (exact) mass is 254 g/mol. The van der Waals surface area contributed by atoms with Crippen LogP contribution in [0.2, 0.25) is 0 Å². The van der Waals surface area contributed by atoms with Gasteiger partial charge in [-0.05, 0) is 20.2 Å². The molecule has 0 aliphatic carbocycles. The largest absolute Gasteiger partial charge is 0.486 e. The van der Waals surface area contributed by atoms with Crippen molar-refractivity contribution in [3.63, 3.8) is 0 Å². The van der Waals surface area contributed by atoms with Crippen LogP contribution >= 0.6 is 11.8 Å². The van der Waals surface area contributed by atoms with Crippen LogP contribution in [0.4, 0.5) is 5.69 Å².